The molecule has 11 heteroatoms. The van der Waals surface area contributed by atoms with Crippen LogP contribution < -0.4 is 5.32 Å². The second kappa shape index (κ2) is 13.6. The van der Waals surface area contributed by atoms with Crippen LogP contribution in [0.1, 0.15) is 44.7 Å². The molecule has 4 rings (SSSR count). The summed E-state index contributed by atoms with van der Waals surface area (Å²) in [5.74, 6) is 1.40. The van der Waals surface area contributed by atoms with Crippen molar-refractivity contribution < 1.29 is 0 Å². The molecule has 3 aliphatic heterocycles. The van der Waals surface area contributed by atoms with Crippen LogP contribution in [0.25, 0.3) is 5.70 Å². The van der Waals surface area contributed by atoms with Crippen LogP contribution in [0.4, 0.5) is 0 Å². The highest BCUT2D eigenvalue weighted by Gasteiger charge is 2.34. The molecular formula is C23H28N8S3. The Morgan fingerprint density at radius 1 is 1.12 bits per heavy atom. The molecule has 0 saturated carbocycles. The maximum atomic E-state index is 4.74. The molecule has 0 aliphatic carbocycles. The van der Waals surface area contributed by atoms with Gasteiger partial charge in [0.2, 0.25) is 0 Å². The van der Waals surface area contributed by atoms with Gasteiger partial charge in [-0.25, -0.2) is 0 Å². The van der Waals surface area contributed by atoms with Crippen molar-refractivity contribution in [1.82, 2.24) is 25.0 Å². The monoisotopic (exact) mass is 512 g/mol. The SMILES string of the molecule is CCCCCCCNC1SC(C2=N/C=C\C=C/C=C\2)=C(c2ccnnn2)N(C2=NSCN=C2)S1. The molecule has 1 N–H and O–H groups in total. The number of nitrogens with zero attached hydrogens (tertiary/aromatic N) is 7. The highest BCUT2D eigenvalue weighted by Crippen LogP contribution is 2.46. The van der Waals surface area contributed by atoms with E-state index in [1.807, 2.05) is 48.9 Å². The lowest BCUT2D eigenvalue weighted by molar-refractivity contribution is 0.600. The van der Waals surface area contributed by atoms with Crippen LogP contribution in [0.2, 0.25) is 0 Å². The van der Waals surface area contributed by atoms with Crippen LogP contribution in [0, 0.1) is 0 Å². The van der Waals surface area contributed by atoms with Gasteiger partial charge in [0.15, 0.2) is 5.84 Å². The fourth-order valence-corrected chi connectivity index (χ4v) is 6.50. The lowest BCUT2D eigenvalue weighted by Gasteiger charge is -2.36. The average Bonchev–Trinajstić information content (AvgIpc) is 2.86. The summed E-state index contributed by atoms with van der Waals surface area (Å²) in [5, 5.41) is 15.8. The third-order valence-electron chi connectivity index (χ3n) is 5.01. The van der Waals surface area contributed by atoms with Gasteiger partial charge in [-0.15, -0.1) is 10.2 Å². The molecule has 1 unspecified atom stereocenters. The first kappa shape index (κ1) is 24.9. The molecule has 0 spiro atoms. The van der Waals surface area contributed by atoms with E-state index in [0.717, 1.165) is 35.1 Å². The van der Waals surface area contributed by atoms with Gasteiger partial charge in [0, 0.05) is 18.1 Å². The number of rotatable bonds is 9. The van der Waals surface area contributed by atoms with Crippen molar-refractivity contribution in [3.05, 3.63) is 59.4 Å². The molecule has 0 bridgehead atoms. The third kappa shape index (κ3) is 6.91. The van der Waals surface area contributed by atoms with E-state index in [0.29, 0.717) is 11.6 Å². The Hall–Kier alpha value is -2.21. The zero-order valence-electron chi connectivity index (χ0n) is 19.1. The Kier molecular flexibility index (Phi) is 9.97. The second-order valence-electron chi connectivity index (χ2n) is 7.52. The van der Waals surface area contributed by atoms with E-state index >= 15 is 0 Å². The first-order chi connectivity index (χ1) is 16.9. The zero-order chi connectivity index (χ0) is 23.4. The highest BCUT2D eigenvalue weighted by molar-refractivity contribution is 8.19. The van der Waals surface area contributed by atoms with Gasteiger partial charge in [0.25, 0.3) is 0 Å². The molecule has 0 aromatic carbocycles. The van der Waals surface area contributed by atoms with Crippen molar-refractivity contribution >= 4 is 59.1 Å². The normalized spacial score (nSPS) is 24.6. The number of nitrogens with one attached hydrogen (secondary N) is 1. The van der Waals surface area contributed by atoms with Gasteiger partial charge in [-0.3, -0.25) is 19.6 Å². The maximum Gasteiger partial charge on any atom is 0.169 e. The van der Waals surface area contributed by atoms with E-state index in [1.54, 1.807) is 29.9 Å². The van der Waals surface area contributed by atoms with Crippen LogP contribution in [0.3, 0.4) is 0 Å². The Labute approximate surface area is 213 Å². The van der Waals surface area contributed by atoms with Crippen molar-refractivity contribution in [3.63, 3.8) is 0 Å². The van der Waals surface area contributed by atoms with Gasteiger partial charge in [-0.1, -0.05) is 62.6 Å². The number of hydrogen-bond donors (Lipinski definition) is 1. The molecule has 0 saturated heterocycles. The van der Waals surface area contributed by atoms with E-state index in [1.165, 1.54) is 37.6 Å². The smallest absolute Gasteiger partial charge is 0.169 e. The van der Waals surface area contributed by atoms with Crippen LogP contribution in [-0.4, -0.2) is 54.6 Å². The lowest BCUT2D eigenvalue weighted by Crippen LogP contribution is -2.37. The van der Waals surface area contributed by atoms with E-state index in [4.69, 9.17) is 4.99 Å². The molecule has 3 aliphatic rings. The van der Waals surface area contributed by atoms with Gasteiger partial charge in [-0.05, 0) is 48.3 Å². The number of allylic oxidation sites excluding steroid dienone is 6. The average molecular weight is 513 g/mol. The molecule has 1 aromatic heterocycles. The van der Waals surface area contributed by atoms with Crippen molar-refractivity contribution in [2.45, 2.75) is 43.7 Å². The second-order valence-corrected chi connectivity index (χ2v) is 10.7. The van der Waals surface area contributed by atoms with Gasteiger partial charge in [-0.2, -0.15) is 4.40 Å². The third-order valence-corrected chi connectivity index (χ3v) is 8.09. The molecule has 1 aromatic rings. The van der Waals surface area contributed by atoms with E-state index in [9.17, 15) is 0 Å². The first-order valence-electron chi connectivity index (χ1n) is 11.4. The summed E-state index contributed by atoms with van der Waals surface area (Å²) in [6.07, 6.45) is 21.5. The maximum absolute atomic E-state index is 4.74. The highest BCUT2D eigenvalue weighted by atomic mass is 32.2. The quantitative estimate of drug-likeness (QED) is 0.354. The molecule has 34 heavy (non-hydrogen) atoms. The minimum absolute atomic E-state index is 0.0869. The summed E-state index contributed by atoms with van der Waals surface area (Å²) in [6, 6.07) is 1.87. The van der Waals surface area contributed by atoms with Crippen LogP contribution >= 0.6 is 35.7 Å². The molecule has 8 nitrogen and oxygen atoms in total. The Morgan fingerprint density at radius 2 is 2.03 bits per heavy atom. The summed E-state index contributed by atoms with van der Waals surface area (Å²) < 4.78 is 6.87. The zero-order valence-corrected chi connectivity index (χ0v) is 21.5. The molecule has 0 fully saturated rings. The molecule has 1 atom stereocenters. The molecule has 178 valence electrons. The van der Waals surface area contributed by atoms with Gasteiger partial charge < -0.3 is 0 Å². The minimum Gasteiger partial charge on any atom is -0.295 e. The fraction of sp³-hybridized carbons (Fsp3) is 0.391. The minimum atomic E-state index is 0.0869. The number of unbranched alkanes of at least 4 members (excludes halogenated alkanes) is 4. The number of aromatic nitrogens is 3. The van der Waals surface area contributed by atoms with Gasteiger partial charge in [0.05, 0.1) is 28.7 Å². The number of amidine groups is 1. The largest absolute Gasteiger partial charge is 0.295 e. The summed E-state index contributed by atoms with van der Waals surface area (Å²) in [6.45, 7) is 3.20. The summed E-state index contributed by atoms with van der Waals surface area (Å²) >= 11 is 4.87. The van der Waals surface area contributed by atoms with E-state index < -0.39 is 0 Å². The predicted octanol–water partition coefficient (Wildman–Crippen LogP) is 5.25. The topological polar surface area (TPSA) is 91.0 Å². The Morgan fingerprint density at radius 3 is 2.85 bits per heavy atom. The lowest BCUT2D eigenvalue weighted by atomic mass is 10.1. The summed E-state index contributed by atoms with van der Waals surface area (Å²) in [4.78, 5) is 10.2. The Bertz CT molecular complexity index is 1030. The van der Waals surface area contributed by atoms with E-state index in [2.05, 4.69) is 41.3 Å². The van der Waals surface area contributed by atoms with Crippen molar-refractivity contribution in [2.75, 3.05) is 12.4 Å². The number of hydrogen-bond acceptors (Lipinski definition) is 11. The standard InChI is InChI=1S/C23H28N8S3/c1-2-3-4-6-10-14-26-23-33-22(19-11-8-5-7-9-13-25-19)21(18-12-15-27-30-28-18)31(34-23)20-16-24-17-32-29-20/h5,7-9,11-13,15-16,23,26H,2-4,6,10,14,17H2,1H3/b7-5-,8-5?,9-7?,11-8-,13-9-,19-11?,25-13?,25-19+. The number of thioether (sulfide) groups is 1. The molecular weight excluding hydrogens is 485 g/mol. The van der Waals surface area contributed by atoms with Crippen LogP contribution in [0.15, 0.2) is 68.1 Å². The first-order valence-corrected chi connectivity index (χ1v) is 14.1. The van der Waals surface area contributed by atoms with Crippen molar-refractivity contribution in [3.8, 4) is 0 Å². The van der Waals surface area contributed by atoms with Gasteiger partial charge in [0.1, 0.15) is 16.3 Å². The summed E-state index contributed by atoms with van der Waals surface area (Å²) in [5.41, 5.74) is 2.47. The fourth-order valence-electron chi connectivity index (χ4n) is 3.38. The van der Waals surface area contributed by atoms with Gasteiger partial charge >= 0.3 is 0 Å². The van der Waals surface area contributed by atoms with Crippen LogP contribution in [0.5, 0.6) is 0 Å². The Balaban J connectivity index is 1.68. The van der Waals surface area contributed by atoms with Crippen LogP contribution in [-0.2, 0) is 0 Å². The predicted molar refractivity (Wildman–Crippen MR) is 148 cm³/mol. The molecule has 0 amide bonds. The van der Waals surface area contributed by atoms with E-state index in [-0.39, 0.29) is 4.71 Å². The molecule has 4 heterocycles. The molecule has 0 radical (unpaired) electrons. The van der Waals surface area contributed by atoms with Crippen molar-refractivity contribution in [2.24, 2.45) is 14.4 Å². The number of aliphatic imine (C=N–C) groups is 2. The summed E-state index contributed by atoms with van der Waals surface area (Å²) in [7, 11) is 0. The van der Waals surface area contributed by atoms with Crippen molar-refractivity contribution in [1.29, 1.82) is 0 Å².